The van der Waals surface area contributed by atoms with Gasteiger partial charge in [0.1, 0.15) is 0 Å². The lowest BCUT2D eigenvalue weighted by Gasteiger charge is -2.54. The first kappa shape index (κ1) is 9.52. The second-order valence-electron chi connectivity index (χ2n) is 6.24. The summed E-state index contributed by atoms with van der Waals surface area (Å²) >= 11 is 1.79. The first-order chi connectivity index (χ1) is 7.81. The van der Waals surface area contributed by atoms with Crippen LogP contribution in [0.15, 0.2) is 10.8 Å². The van der Waals surface area contributed by atoms with Crippen LogP contribution in [0.1, 0.15) is 43.6 Å². The summed E-state index contributed by atoms with van der Waals surface area (Å²) in [6.07, 6.45) is 7.51. The van der Waals surface area contributed by atoms with Crippen molar-refractivity contribution >= 4 is 17.0 Å². The van der Waals surface area contributed by atoms with Crippen LogP contribution in [0.4, 0.5) is 5.69 Å². The molecule has 1 aromatic heterocycles. The van der Waals surface area contributed by atoms with E-state index in [9.17, 15) is 0 Å². The summed E-state index contributed by atoms with van der Waals surface area (Å²) in [5.74, 6) is 4.89. The zero-order chi connectivity index (χ0) is 10.7. The second kappa shape index (κ2) is 3.25. The molecule has 4 fully saturated rings. The van der Waals surface area contributed by atoms with Crippen LogP contribution < -0.4 is 5.73 Å². The lowest BCUT2D eigenvalue weighted by molar-refractivity contribution is -0.00242. The third kappa shape index (κ3) is 1.22. The number of thiophene rings is 1. The molecule has 4 aliphatic rings. The maximum Gasteiger partial charge on any atom is 0.0458 e. The van der Waals surface area contributed by atoms with Crippen molar-refractivity contribution in [3.63, 3.8) is 0 Å². The van der Waals surface area contributed by atoms with Crippen LogP contribution in [-0.2, 0) is 0 Å². The summed E-state index contributed by atoms with van der Waals surface area (Å²) < 4.78 is 0. The summed E-state index contributed by atoms with van der Waals surface area (Å²) in [6.45, 7) is 0. The average Bonchev–Trinajstić information content (AvgIpc) is 2.63. The first-order valence-corrected chi connectivity index (χ1v) is 7.57. The molecule has 4 saturated carbocycles. The molecule has 2 N–H and O–H groups in total. The standard InChI is InChI=1S/C14H19NS/c15-13-7-16-6-12(13)14-10-2-8-1-9(4-10)5-11(14)3-8/h6-11,14H,1-5,15H2. The Morgan fingerprint density at radius 2 is 1.56 bits per heavy atom. The molecule has 0 aromatic carbocycles. The van der Waals surface area contributed by atoms with Crippen LogP contribution in [0.3, 0.4) is 0 Å². The van der Waals surface area contributed by atoms with Gasteiger partial charge in [-0.05, 0) is 72.6 Å². The van der Waals surface area contributed by atoms with Crippen molar-refractivity contribution < 1.29 is 0 Å². The highest BCUT2D eigenvalue weighted by molar-refractivity contribution is 7.08. The van der Waals surface area contributed by atoms with Gasteiger partial charge in [0, 0.05) is 11.1 Å². The molecule has 0 aliphatic heterocycles. The molecule has 5 rings (SSSR count). The molecular weight excluding hydrogens is 214 g/mol. The van der Waals surface area contributed by atoms with E-state index in [1.807, 2.05) is 0 Å². The number of anilines is 1. The molecule has 0 spiro atoms. The molecule has 0 atom stereocenters. The summed E-state index contributed by atoms with van der Waals surface area (Å²) in [5, 5.41) is 4.45. The Balaban J connectivity index is 1.72. The van der Waals surface area contributed by atoms with Crippen molar-refractivity contribution in [3.8, 4) is 0 Å². The van der Waals surface area contributed by atoms with E-state index in [0.29, 0.717) is 0 Å². The van der Waals surface area contributed by atoms with Crippen molar-refractivity contribution in [1.29, 1.82) is 0 Å². The van der Waals surface area contributed by atoms with E-state index in [1.54, 1.807) is 17.8 Å². The summed E-state index contributed by atoms with van der Waals surface area (Å²) in [6, 6.07) is 0. The third-order valence-electron chi connectivity index (χ3n) is 5.31. The molecule has 0 saturated heterocycles. The first-order valence-electron chi connectivity index (χ1n) is 6.63. The molecule has 0 unspecified atom stereocenters. The van der Waals surface area contributed by atoms with Gasteiger partial charge in [-0.2, -0.15) is 0 Å². The van der Waals surface area contributed by atoms with Crippen molar-refractivity contribution in [2.45, 2.75) is 38.0 Å². The van der Waals surface area contributed by atoms with Gasteiger partial charge in [0.15, 0.2) is 0 Å². The topological polar surface area (TPSA) is 26.0 Å². The summed E-state index contributed by atoms with van der Waals surface area (Å²) in [5.41, 5.74) is 8.70. The Kier molecular flexibility index (Phi) is 1.94. The summed E-state index contributed by atoms with van der Waals surface area (Å²) in [7, 11) is 0. The summed E-state index contributed by atoms with van der Waals surface area (Å²) in [4.78, 5) is 0. The van der Waals surface area contributed by atoms with Gasteiger partial charge in [-0.15, -0.1) is 11.3 Å². The van der Waals surface area contributed by atoms with Gasteiger partial charge in [-0.3, -0.25) is 0 Å². The predicted molar refractivity (Wildman–Crippen MR) is 68.5 cm³/mol. The molecular formula is C14H19NS. The second-order valence-corrected chi connectivity index (χ2v) is 6.98. The molecule has 1 nitrogen and oxygen atoms in total. The number of hydrogen-bond acceptors (Lipinski definition) is 2. The van der Waals surface area contributed by atoms with Crippen LogP contribution >= 0.6 is 11.3 Å². The van der Waals surface area contributed by atoms with Crippen LogP contribution in [-0.4, -0.2) is 0 Å². The minimum atomic E-state index is 0.819. The quantitative estimate of drug-likeness (QED) is 0.783. The normalized spacial score (nSPS) is 45.1. The molecule has 4 bridgehead atoms. The highest BCUT2D eigenvalue weighted by Gasteiger charge is 2.48. The van der Waals surface area contributed by atoms with Gasteiger partial charge in [0.2, 0.25) is 0 Å². The Morgan fingerprint density at radius 1 is 0.938 bits per heavy atom. The van der Waals surface area contributed by atoms with Crippen molar-refractivity contribution in [1.82, 2.24) is 0 Å². The van der Waals surface area contributed by atoms with E-state index >= 15 is 0 Å². The molecule has 1 heterocycles. The van der Waals surface area contributed by atoms with Gasteiger partial charge in [-0.1, -0.05) is 0 Å². The molecule has 1 aromatic rings. The van der Waals surface area contributed by atoms with E-state index in [1.165, 1.54) is 31.2 Å². The van der Waals surface area contributed by atoms with Crippen LogP contribution in [0.2, 0.25) is 0 Å². The Bertz CT molecular complexity index is 381. The van der Waals surface area contributed by atoms with Gasteiger partial charge < -0.3 is 5.73 Å². The van der Waals surface area contributed by atoms with Crippen molar-refractivity contribution in [3.05, 3.63) is 16.3 Å². The number of nitrogen functional groups attached to an aromatic ring is 1. The Hall–Kier alpha value is -0.500. The minimum absolute atomic E-state index is 0.819. The molecule has 16 heavy (non-hydrogen) atoms. The maximum atomic E-state index is 6.13. The van der Waals surface area contributed by atoms with Crippen LogP contribution in [0.25, 0.3) is 0 Å². The minimum Gasteiger partial charge on any atom is -0.398 e. The van der Waals surface area contributed by atoms with E-state index in [-0.39, 0.29) is 0 Å². The monoisotopic (exact) mass is 233 g/mol. The number of nitrogens with two attached hydrogens (primary N) is 1. The molecule has 0 radical (unpaired) electrons. The number of hydrogen-bond donors (Lipinski definition) is 1. The van der Waals surface area contributed by atoms with Crippen molar-refractivity contribution in [2.24, 2.45) is 23.7 Å². The van der Waals surface area contributed by atoms with E-state index in [0.717, 1.165) is 35.3 Å². The van der Waals surface area contributed by atoms with E-state index in [4.69, 9.17) is 5.73 Å². The molecule has 86 valence electrons. The van der Waals surface area contributed by atoms with Gasteiger partial charge in [0.25, 0.3) is 0 Å². The molecule has 0 amide bonds. The van der Waals surface area contributed by atoms with Crippen LogP contribution in [0.5, 0.6) is 0 Å². The van der Waals surface area contributed by atoms with E-state index in [2.05, 4.69) is 10.8 Å². The lowest BCUT2D eigenvalue weighted by Crippen LogP contribution is -2.43. The van der Waals surface area contributed by atoms with Gasteiger partial charge in [-0.25, -0.2) is 0 Å². The Labute approximate surface area is 101 Å². The smallest absolute Gasteiger partial charge is 0.0458 e. The third-order valence-corrected chi connectivity index (χ3v) is 6.09. The molecule has 4 aliphatic carbocycles. The predicted octanol–water partition coefficient (Wildman–Crippen LogP) is 3.87. The zero-order valence-corrected chi connectivity index (χ0v) is 10.4. The fraction of sp³-hybridized carbons (Fsp3) is 0.714. The number of rotatable bonds is 1. The van der Waals surface area contributed by atoms with Crippen molar-refractivity contribution in [2.75, 3.05) is 5.73 Å². The SMILES string of the molecule is Nc1cscc1C1C2CC3CC(C2)CC1C3. The largest absolute Gasteiger partial charge is 0.398 e. The van der Waals surface area contributed by atoms with E-state index < -0.39 is 0 Å². The van der Waals surface area contributed by atoms with Gasteiger partial charge in [0.05, 0.1) is 0 Å². The Morgan fingerprint density at radius 3 is 2.06 bits per heavy atom. The van der Waals surface area contributed by atoms with Gasteiger partial charge >= 0.3 is 0 Å². The highest BCUT2D eigenvalue weighted by Crippen LogP contribution is 2.60. The average molecular weight is 233 g/mol. The highest BCUT2D eigenvalue weighted by atomic mass is 32.1. The molecule has 2 heteroatoms. The van der Waals surface area contributed by atoms with Crippen LogP contribution in [0, 0.1) is 23.7 Å². The fourth-order valence-corrected chi connectivity index (χ4v) is 5.81. The zero-order valence-electron chi connectivity index (χ0n) is 9.56. The fourth-order valence-electron chi connectivity index (χ4n) is 5.02. The lowest BCUT2D eigenvalue weighted by atomic mass is 9.51. The maximum absolute atomic E-state index is 6.13.